The van der Waals surface area contributed by atoms with Gasteiger partial charge in [-0.05, 0) is 67.5 Å². The quantitative estimate of drug-likeness (QED) is 0.702. The van der Waals surface area contributed by atoms with Crippen molar-refractivity contribution in [3.05, 3.63) is 51.3 Å². The molecule has 2 aromatic rings. The molecule has 2 heterocycles. The smallest absolute Gasteiger partial charge is 0.303 e. The molecule has 0 radical (unpaired) electrons. The van der Waals surface area contributed by atoms with Crippen molar-refractivity contribution < 1.29 is 14.7 Å². The number of halogens is 1. The molecule has 0 bridgehead atoms. The van der Waals surface area contributed by atoms with Gasteiger partial charge in [0.05, 0.1) is 17.7 Å². The van der Waals surface area contributed by atoms with Crippen molar-refractivity contribution in [2.45, 2.75) is 38.5 Å². The number of aromatic nitrogens is 1. The minimum absolute atomic E-state index is 0.0287. The minimum Gasteiger partial charge on any atom is -0.481 e. The van der Waals surface area contributed by atoms with E-state index in [-0.39, 0.29) is 18.2 Å². The van der Waals surface area contributed by atoms with Crippen LogP contribution in [0, 0.1) is 6.92 Å². The number of fused-ring (bicyclic) bond motifs is 2. The number of carbonyl (C=O) groups is 2. The molecular formula is C20H19ClN2O3. The normalized spacial score (nSPS) is 20.0. The summed E-state index contributed by atoms with van der Waals surface area (Å²) in [4.78, 5) is 26.9. The van der Waals surface area contributed by atoms with Crippen molar-refractivity contribution in [3.63, 3.8) is 0 Å². The summed E-state index contributed by atoms with van der Waals surface area (Å²) in [5.41, 5.74) is 6.06. The van der Waals surface area contributed by atoms with E-state index in [9.17, 15) is 9.59 Å². The molecule has 0 fully saturated rings. The van der Waals surface area contributed by atoms with E-state index in [1.807, 2.05) is 25.1 Å². The van der Waals surface area contributed by atoms with Crippen molar-refractivity contribution in [2.75, 3.05) is 5.32 Å². The van der Waals surface area contributed by atoms with Crippen molar-refractivity contribution in [3.8, 4) is 0 Å². The second-order valence-electron chi connectivity index (χ2n) is 7.00. The summed E-state index contributed by atoms with van der Waals surface area (Å²) in [6, 6.07) is 5.61. The standard InChI is InChI=1S/C20H19ClN2O3/c1-10-5-12(21)7-15-16(20(26)23-19(10)15)9-13-8-14-11(6-18(24)25)3-2-4-17(14)22-13/h5,7-9,11,22H,2-4,6H2,1H3,(H,23,26)(H,24,25). The zero-order chi connectivity index (χ0) is 18.4. The summed E-state index contributed by atoms with van der Waals surface area (Å²) in [6.07, 6.45) is 4.72. The number of carboxylic acids is 1. The van der Waals surface area contributed by atoms with Gasteiger partial charge < -0.3 is 15.4 Å². The third-order valence-corrected chi connectivity index (χ3v) is 5.39. The Bertz CT molecular complexity index is 958. The summed E-state index contributed by atoms with van der Waals surface area (Å²) >= 11 is 6.16. The molecule has 26 heavy (non-hydrogen) atoms. The summed E-state index contributed by atoms with van der Waals surface area (Å²) in [7, 11) is 0. The van der Waals surface area contributed by atoms with Crippen LogP contribution in [0.3, 0.4) is 0 Å². The van der Waals surface area contributed by atoms with E-state index in [0.717, 1.165) is 53.0 Å². The lowest BCUT2D eigenvalue weighted by atomic mass is 9.85. The Kier molecular flexibility index (Phi) is 4.11. The summed E-state index contributed by atoms with van der Waals surface area (Å²) in [5.74, 6) is -0.903. The van der Waals surface area contributed by atoms with Crippen LogP contribution >= 0.6 is 11.6 Å². The molecule has 0 spiro atoms. The van der Waals surface area contributed by atoms with Gasteiger partial charge in [0.2, 0.25) is 0 Å². The molecule has 1 aliphatic heterocycles. The molecule has 2 aliphatic rings. The largest absolute Gasteiger partial charge is 0.481 e. The number of carboxylic acid groups (broad SMARTS) is 1. The van der Waals surface area contributed by atoms with Crippen molar-refractivity contribution in [1.29, 1.82) is 0 Å². The molecule has 6 heteroatoms. The van der Waals surface area contributed by atoms with E-state index in [1.165, 1.54) is 0 Å². The Labute approximate surface area is 156 Å². The molecule has 1 aromatic heterocycles. The first-order valence-electron chi connectivity index (χ1n) is 8.69. The first-order chi connectivity index (χ1) is 12.4. The fourth-order valence-electron chi connectivity index (χ4n) is 4.01. The lowest BCUT2D eigenvalue weighted by Gasteiger charge is -2.20. The fourth-order valence-corrected chi connectivity index (χ4v) is 4.29. The number of rotatable bonds is 3. The Hall–Kier alpha value is -2.53. The lowest BCUT2D eigenvalue weighted by Crippen LogP contribution is -2.12. The third-order valence-electron chi connectivity index (χ3n) is 5.17. The monoisotopic (exact) mass is 370 g/mol. The van der Waals surface area contributed by atoms with E-state index >= 15 is 0 Å². The number of aryl methyl sites for hydroxylation is 2. The molecule has 0 saturated heterocycles. The molecule has 5 nitrogen and oxygen atoms in total. The van der Waals surface area contributed by atoms with Gasteiger partial charge in [-0.3, -0.25) is 9.59 Å². The highest BCUT2D eigenvalue weighted by molar-refractivity contribution is 6.37. The van der Waals surface area contributed by atoms with Crippen LogP contribution in [0.5, 0.6) is 0 Å². The predicted octanol–water partition coefficient (Wildman–Crippen LogP) is 4.36. The van der Waals surface area contributed by atoms with Gasteiger partial charge in [-0.1, -0.05) is 11.6 Å². The van der Waals surface area contributed by atoms with Crippen LogP contribution in [0.25, 0.3) is 11.6 Å². The van der Waals surface area contributed by atoms with Gasteiger partial charge in [0.1, 0.15) is 0 Å². The molecule has 1 unspecified atom stereocenters. The van der Waals surface area contributed by atoms with Crippen LogP contribution in [0.15, 0.2) is 18.2 Å². The van der Waals surface area contributed by atoms with Gasteiger partial charge in [-0.25, -0.2) is 0 Å². The average molecular weight is 371 g/mol. The van der Waals surface area contributed by atoms with Gasteiger partial charge >= 0.3 is 5.97 Å². The first kappa shape index (κ1) is 16.9. The van der Waals surface area contributed by atoms with Crippen molar-refractivity contribution >= 4 is 40.8 Å². The fraction of sp³-hybridized carbons (Fsp3) is 0.300. The number of amides is 1. The van der Waals surface area contributed by atoms with Crippen LogP contribution in [0.1, 0.15) is 53.3 Å². The highest BCUT2D eigenvalue weighted by Gasteiger charge is 2.28. The minimum atomic E-state index is -0.779. The Balaban J connectivity index is 1.74. The maximum absolute atomic E-state index is 12.4. The topological polar surface area (TPSA) is 82.2 Å². The SMILES string of the molecule is Cc1cc(Cl)cc2c1NC(=O)C2=Cc1cc2c([nH]1)CCCC2CC(=O)O. The molecular weight excluding hydrogens is 352 g/mol. The highest BCUT2D eigenvalue weighted by atomic mass is 35.5. The number of H-pyrrole nitrogens is 1. The van der Waals surface area contributed by atoms with E-state index < -0.39 is 5.97 Å². The summed E-state index contributed by atoms with van der Waals surface area (Å²) < 4.78 is 0. The van der Waals surface area contributed by atoms with Gasteiger partial charge in [0, 0.05) is 22.0 Å². The van der Waals surface area contributed by atoms with E-state index in [0.29, 0.717) is 10.6 Å². The van der Waals surface area contributed by atoms with Crippen LogP contribution in [-0.2, 0) is 16.0 Å². The van der Waals surface area contributed by atoms with Gasteiger partial charge in [0.15, 0.2) is 0 Å². The van der Waals surface area contributed by atoms with E-state index in [4.69, 9.17) is 16.7 Å². The Morgan fingerprint density at radius 3 is 2.96 bits per heavy atom. The van der Waals surface area contributed by atoms with Gasteiger partial charge in [0.25, 0.3) is 5.91 Å². The highest BCUT2D eigenvalue weighted by Crippen LogP contribution is 2.39. The Morgan fingerprint density at radius 1 is 1.38 bits per heavy atom. The molecule has 134 valence electrons. The number of anilines is 1. The molecule has 0 saturated carbocycles. The van der Waals surface area contributed by atoms with Crippen molar-refractivity contribution in [2.24, 2.45) is 0 Å². The maximum Gasteiger partial charge on any atom is 0.303 e. The Morgan fingerprint density at radius 2 is 2.19 bits per heavy atom. The van der Waals surface area contributed by atoms with Gasteiger partial charge in [-0.2, -0.15) is 0 Å². The molecule has 1 atom stereocenters. The van der Waals surface area contributed by atoms with Crippen LogP contribution in [0.2, 0.25) is 5.02 Å². The lowest BCUT2D eigenvalue weighted by molar-refractivity contribution is -0.137. The number of nitrogens with one attached hydrogen (secondary N) is 2. The van der Waals surface area contributed by atoms with E-state index in [1.54, 1.807) is 6.07 Å². The zero-order valence-electron chi connectivity index (χ0n) is 14.4. The third kappa shape index (κ3) is 2.92. The second kappa shape index (κ2) is 6.32. The van der Waals surface area contributed by atoms with Crippen molar-refractivity contribution in [1.82, 2.24) is 4.98 Å². The van der Waals surface area contributed by atoms with E-state index in [2.05, 4.69) is 10.3 Å². The average Bonchev–Trinajstić information content (AvgIpc) is 3.10. The predicted molar refractivity (Wildman–Crippen MR) is 101 cm³/mol. The van der Waals surface area contributed by atoms with Crippen LogP contribution in [-0.4, -0.2) is 22.0 Å². The zero-order valence-corrected chi connectivity index (χ0v) is 15.1. The molecule has 1 amide bonds. The van der Waals surface area contributed by atoms with Gasteiger partial charge in [-0.15, -0.1) is 0 Å². The number of aliphatic carboxylic acids is 1. The number of carbonyl (C=O) groups excluding carboxylic acids is 1. The number of hydrogen-bond donors (Lipinski definition) is 3. The van der Waals surface area contributed by atoms with Crippen LogP contribution in [0.4, 0.5) is 5.69 Å². The maximum atomic E-state index is 12.4. The number of benzene rings is 1. The number of hydrogen-bond acceptors (Lipinski definition) is 2. The molecule has 4 rings (SSSR count). The molecule has 1 aromatic carbocycles. The first-order valence-corrected chi connectivity index (χ1v) is 9.07. The molecule has 1 aliphatic carbocycles. The summed E-state index contributed by atoms with van der Waals surface area (Å²) in [6.45, 7) is 1.91. The second-order valence-corrected chi connectivity index (χ2v) is 7.44. The molecule has 3 N–H and O–H groups in total. The van der Waals surface area contributed by atoms with Crippen LogP contribution < -0.4 is 5.32 Å². The summed E-state index contributed by atoms with van der Waals surface area (Å²) in [5, 5.41) is 12.6. The number of aromatic amines is 1.